The lowest BCUT2D eigenvalue weighted by molar-refractivity contribution is -0.889. The van der Waals surface area contributed by atoms with E-state index in [0.717, 1.165) is 83.5 Å². The van der Waals surface area contributed by atoms with Crippen LogP contribution in [-0.2, 0) is 28.6 Å². The molecule has 0 saturated carbocycles. The SMILES string of the molecule is CC/C=C/C/C=C/C/C=C/CCCCCCC(=O)OCC(COCCC(C(=O)[O-])[N+](C)(C)C)OC(=O)CCCCCCC/C=C/CCCCC. The molecule has 0 spiro atoms. The van der Waals surface area contributed by atoms with Crippen LogP contribution in [0.5, 0.6) is 0 Å². The van der Waals surface area contributed by atoms with E-state index in [0.29, 0.717) is 12.8 Å². The largest absolute Gasteiger partial charge is 0.544 e. The van der Waals surface area contributed by atoms with E-state index in [1.807, 2.05) is 0 Å². The smallest absolute Gasteiger partial charge is 0.306 e. The first-order valence-electron chi connectivity index (χ1n) is 19.7. The molecule has 8 nitrogen and oxygen atoms in total. The van der Waals surface area contributed by atoms with Crippen LogP contribution in [0.1, 0.15) is 149 Å². The van der Waals surface area contributed by atoms with Crippen molar-refractivity contribution >= 4 is 17.9 Å². The van der Waals surface area contributed by atoms with Gasteiger partial charge in [0.1, 0.15) is 12.6 Å². The van der Waals surface area contributed by atoms with Gasteiger partial charge in [-0.05, 0) is 70.6 Å². The van der Waals surface area contributed by atoms with Crippen molar-refractivity contribution in [2.24, 2.45) is 0 Å². The van der Waals surface area contributed by atoms with E-state index in [-0.39, 0.29) is 42.7 Å². The second-order valence-electron chi connectivity index (χ2n) is 14.1. The Bertz CT molecular complexity index is 964. The molecule has 2 unspecified atom stereocenters. The maximum atomic E-state index is 12.6. The standard InChI is InChI=1S/C42H73NO7/c1-6-8-10-12-14-16-18-20-21-23-24-26-28-30-32-40(44)49-37-38(36-48-35-34-39(42(46)47)43(3,4)5)50-41(45)33-31-29-27-25-22-19-17-15-13-11-9-7-2/h8,10,14-17,20-21,38-39H,6-7,9,11-13,18-19,22-37H2,1-5H3/b10-8+,16-14+,17-15+,21-20+. The second-order valence-corrected chi connectivity index (χ2v) is 14.1. The first-order chi connectivity index (χ1) is 24.1. The van der Waals surface area contributed by atoms with Gasteiger partial charge < -0.3 is 28.6 Å². The third-order valence-electron chi connectivity index (χ3n) is 8.45. The number of nitrogens with zero attached hydrogens (tertiary/aromatic N) is 1. The molecular formula is C42H73NO7. The number of hydrogen-bond acceptors (Lipinski definition) is 7. The lowest BCUT2D eigenvalue weighted by Crippen LogP contribution is -2.55. The molecule has 0 aromatic heterocycles. The fraction of sp³-hybridized carbons (Fsp3) is 0.738. The van der Waals surface area contributed by atoms with Gasteiger partial charge in [-0.3, -0.25) is 9.59 Å². The third kappa shape index (κ3) is 31.3. The number of allylic oxidation sites excluding steroid dienone is 8. The molecular weight excluding hydrogens is 630 g/mol. The summed E-state index contributed by atoms with van der Waals surface area (Å²) in [5.41, 5.74) is 0. The number of unbranched alkanes of at least 4 members (excludes halogenated alkanes) is 12. The summed E-state index contributed by atoms with van der Waals surface area (Å²) in [6.07, 6.45) is 37.0. The zero-order valence-electron chi connectivity index (χ0n) is 32.5. The molecule has 0 aliphatic heterocycles. The normalized spacial score (nSPS) is 13.5. The molecule has 0 fully saturated rings. The van der Waals surface area contributed by atoms with Gasteiger partial charge >= 0.3 is 11.9 Å². The molecule has 0 bridgehead atoms. The van der Waals surface area contributed by atoms with Crippen LogP contribution in [0.15, 0.2) is 48.6 Å². The van der Waals surface area contributed by atoms with Crippen LogP contribution >= 0.6 is 0 Å². The minimum Gasteiger partial charge on any atom is -0.544 e. The van der Waals surface area contributed by atoms with E-state index in [1.54, 1.807) is 21.1 Å². The zero-order chi connectivity index (χ0) is 37.1. The van der Waals surface area contributed by atoms with E-state index >= 15 is 0 Å². The molecule has 0 heterocycles. The number of hydrogen-bond donors (Lipinski definition) is 0. The Balaban J connectivity index is 4.46. The van der Waals surface area contributed by atoms with Crippen molar-refractivity contribution in [3.8, 4) is 0 Å². The summed E-state index contributed by atoms with van der Waals surface area (Å²) in [6, 6.07) is -0.730. The van der Waals surface area contributed by atoms with E-state index in [2.05, 4.69) is 62.5 Å². The van der Waals surface area contributed by atoms with Crippen LogP contribution in [0.25, 0.3) is 0 Å². The number of aliphatic carboxylic acids is 1. The summed E-state index contributed by atoms with van der Waals surface area (Å²) < 4.78 is 17.1. The summed E-state index contributed by atoms with van der Waals surface area (Å²) in [6.45, 7) is 4.47. The molecule has 0 aromatic rings. The number of rotatable bonds is 34. The van der Waals surface area contributed by atoms with Crippen LogP contribution in [0.4, 0.5) is 0 Å². The predicted octanol–water partition coefficient (Wildman–Crippen LogP) is 8.74. The van der Waals surface area contributed by atoms with Crippen molar-refractivity contribution in [2.75, 3.05) is 41.0 Å². The fourth-order valence-corrected chi connectivity index (χ4v) is 5.37. The van der Waals surface area contributed by atoms with E-state index in [4.69, 9.17) is 14.2 Å². The van der Waals surface area contributed by atoms with Crippen molar-refractivity contribution in [3.63, 3.8) is 0 Å². The highest BCUT2D eigenvalue weighted by molar-refractivity contribution is 5.70. The van der Waals surface area contributed by atoms with Crippen molar-refractivity contribution in [2.45, 2.75) is 161 Å². The Morgan fingerprint density at radius 1 is 0.620 bits per heavy atom. The molecule has 0 radical (unpaired) electrons. The summed E-state index contributed by atoms with van der Waals surface area (Å²) in [5, 5.41) is 11.6. The lowest BCUT2D eigenvalue weighted by Gasteiger charge is -2.34. The Kier molecular flexibility index (Phi) is 31.6. The number of likely N-dealkylation sites (N-methyl/N-ethyl adjacent to an activating group) is 1. The highest BCUT2D eigenvalue weighted by Gasteiger charge is 2.25. The van der Waals surface area contributed by atoms with Crippen molar-refractivity contribution in [1.29, 1.82) is 0 Å². The van der Waals surface area contributed by atoms with Gasteiger partial charge in [-0.25, -0.2) is 0 Å². The number of carbonyl (C=O) groups is 3. The summed E-state index contributed by atoms with van der Waals surface area (Å²) in [5.74, 6) is -1.78. The van der Waals surface area contributed by atoms with E-state index in [9.17, 15) is 19.5 Å². The summed E-state index contributed by atoms with van der Waals surface area (Å²) in [7, 11) is 5.38. The molecule has 8 heteroatoms. The molecule has 0 amide bonds. The summed E-state index contributed by atoms with van der Waals surface area (Å²) >= 11 is 0. The van der Waals surface area contributed by atoms with E-state index in [1.165, 1.54) is 32.1 Å². The topological polar surface area (TPSA) is 102 Å². The molecule has 288 valence electrons. The van der Waals surface area contributed by atoms with E-state index < -0.39 is 18.1 Å². The fourth-order valence-electron chi connectivity index (χ4n) is 5.37. The lowest BCUT2D eigenvalue weighted by atomic mass is 10.1. The maximum Gasteiger partial charge on any atom is 0.306 e. The molecule has 0 aliphatic carbocycles. The van der Waals surface area contributed by atoms with Crippen molar-refractivity contribution in [1.82, 2.24) is 0 Å². The number of carboxylic acid groups (broad SMARTS) is 1. The average molecular weight is 704 g/mol. The molecule has 0 rings (SSSR count). The highest BCUT2D eigenvalue weighted by atomic mass is 16.6. The van der Waals surface area contributed by atoms with Crippen LogP contribution in [-0.4, -0.2) is 75.5 Å². The number of carbonyl (C=O) groups excluding carboxylic acids is 3. The van der Waals surface area contributed by atoms with Gasteiger partial charge in [0.15, 0.2) is 6.10 Å². The Morgan fingerprint density at radius 2 is 1.12 bits per heavy atom. The first-order valence-corrected chi connectivity index (χ1v) is 19.7. The third-order valence-corrected chi connectivity index (χ3v) is 8.45. The number of quaternary nitrogens is 1. The van der Waals surface area contributed by atoms with Gasteiger partial charge in [-0.15, -0.1) is 0 Å². The minimum absolute atomic E-state index is 0.0289. The second kappa shape index (κ2) is 33.4. The molecule has 2 atom stereocenters. The van der Waals surface area contributed by atoms with Gasteiger partial charge in [-0.1, -0.05) is 107 Å². The van der Waals surface area contributed by atoms with Gasteiger partial charge in [0, 0.05) is 19.3 Å². The van der Waals surface area contributed by atoms with Gasteiger partial charge in [-0.2, -0.15) is 0 Å². The molecule has 0 saturated heterocycles. The van der Waals surface area contributed by atoms with Crippen LogP contribution in [0.2, 0.25) is 0 Å². The molecule has 50 heavy (non-hydrogen) atoms. The Hall–Kier alpha value is -2.71. The molecule has 0 aliphatic rings. The minimum atomic E-state index is -1.13. The van der Waals surface area contributed by atoms with Crippen molar-refractivity contribution in [3.05, 3.63) is 48.6 Å². The maximum absolute atomic E-state index is 12.6. The Labute approximate surface area is 306 Å². The zero-order valence-corrected chi connectivity index (χ0v) is 32.5. The monoisotopic (exact) mass is 704 g/mol. The van der Waals surface area contributed by atoms with Gasteiger partial charge in [0.2, 0.25) is 0 Å². The van der Waals surface area contributed by atoms with Crippen LogP contribution in [0, 0.1) is 0 Å². The van der Waals surface area contributed by atoms with Crippen LogP contribution in [0.3, 0.4) is 0 Å². The highest BCUT2D eigenvalue weighted by Crippen LogP contribution is 2.12. The van der Waals surface area contributed by atoms with Crippen molar-refractivity contribution < 1.29 is 38.2 Å². The molecule has 0 aromatic carbocycles. The number of esters is 2. The quantitative estimate of drug-likeness (QED) is 0.0286. The Morgan fingerprint density at radius 3 is 1.68 bits per heavy atom. The number of ether oxygens (including phenoxy) is 3. The summed E-state index contributed by atoms with van der Waals surface area (Å²) in [4.78, 5) is 36.7. The van der Waals surface area contributed by atoms with Crippen LogP contribution < -0.4 is 5.11 Å². The predicted molar refractivity (Wildman–Crippen MR) is 203 cm³/mol. The average Bonchev–Trinajstić information content (AvgIpc) is 3.06. The first kappa shape index (κ1) is 47.3. The van der Waals surface area contributed by atoms with Gasteiger partial charge in [0.05, 0.1) is 40.3 Å². The molecule has 0 N–H and O–H groups in total. The number of carboxylic acids is 1. The van der Waals surface area contributed by atoms with Gasteiger partial charge in [0.25, 0.3) is 0 Å².